The fraction of sp³-hybridized carbons (Fsp3) is 1.00. The van der Waals surface area contributed by atoms with Gasteiger partial charge in [0, 0.05) is 16.5 Å². The minimum atomic E-state index is -0.569. The van der Waals surface area contributed by atoms with Crippen LogP contribution in [0.25, 0.3) is 0 Å². The first-order valence-corrected chi connectivity index (χ1v) is 50.2. The first kappa shape index (κ1) is 36.2. The number of hydrogen-bond donors (Lipinski definition) is 0. The third kappa shape index (κ3) is 52.4. The zero-order chi connectivity index (χ0) is 19.7. The molecule has 7 heteroatoms. The van der Waals surface area contributed by atoms with E-state index in [-0.39, 0.29) is 16.5 Å². The first-order valence-electron chi connectivity index (χ1n) is 10.9. The molecular formula is C18H60As6Ni. The molecule has 25 heavy (non-hydrogen) atoms. The zero-order valence-electron chi connectivity index (χ0n) is 20.0. The average Bonchev–Trinajstić information content (AvgIpc) is 2.42. The Labute approximate surface area is 201 Å². The third-order valence-electron chi connectivity index (χ3n) is 3.96. The number of rotatable bonds is 9. The molecule has 0 unspecified atom stereocenters. The van der Waals surface area contributed by atoms with Crippen LogP contribution in [0.3, 0.4) is 0 Å². The SMILES string of the molecule is C[AsH2](C)CC[AsH2](C)C.C[AsH2](C)CC[AsH2](C)C.C[AsH2](C)CC[AsH2](C)C.[Ni]. The van der Waals surface area contributed by atoms with Crippen LogP contribution in [0, 0.1) is 0 Å². The second-order valence-electron chi connectivity index (χ2n) is 10.1. The van der Waals surface area contributed by atoms with Gasteiger partial charge in [-0.1, -0.05) is 0 Å². The summed E-state index contributed by atoms with van der Waals surface area (Å²) < 4.78 is 0. The van der Waals surface area contributed by atoms with E-state index in [0.29, 0.717) is 0 Å². The first-order chi connectivity index (χ1) is 10.9. The zero-order valence-corrected chi connectivity index (χ0v) is 35.5. The van der Waals surface area contributed by atoms with Crippen molar-refractivity contribution >= 4 is 87.9 Å². The van der Waals surface area contributed by atoms with Gasteiger partial charge in [-0.2, -0.15) is 0 Å². The molecule has 0 heterocycles. The Morgan fingerprint density at radius 3 is 0.400 bits per heavy atom. The fourth-order valence-corrected chi connectivity index (χ4v) is 54.0. The van der Waals surface area contributed by atoms with Gasteiger partial charge in [0.25, 0.3) is 0 Å². The van der Waals surface area contributed by atoms with Crippen molar-refractivity contribution in [3.05, 3.63) is 0 Å². The van der Waals surface area contributed by atoms with E-state index in [9.17, 15) is 0 Å². The van der Waals surface area contributed by atoms with E-state index in [4.69, 9.17) is 0 Å². The summed E-state index contributed by atoms with van der Waals surface area (Å²) in [5.41, 5.74) is 30.0. The van der Waals surface area contributed by atoms with Crippen molar-refractivity contribution in [1.29, 1.82) is 0 Å². The Hall–Kier alpha value is 3.84. The molecule has 0 aromatic carbocycles. The summed E-state index contributed by atoms with van der Waals surface area (Å²) in [7, 11) is 0. The second kappa shape index (κ2) is 25.9. The minimum Gasteiger partial charge on any atom is 0 e. The predicted molar refractivity (Wildman–Crippen MR) is 150 cm³/mol. The van der Waals surface area contributed by atoms with Crippen LogP contribution in [0.2, 0.25) is 99.8 Å². The molecule has 0 aliphatic carbocycles. The van der Waals surface area contributed by atoms with E-state index in [1.807, 2.05) is 0 Å². The molecule has 172 valence electrons. The maximum absolute atomic E-state index is 2.50. The van der Waals surface area contributed by atoms with Gasteiger partial charge >= 0.3 is 188 Å². The maximum atomic E-state index is 2.50. The summed E-state index contributed by atoms with van der Waals surface area (Å²) in [5.74, 6) is 0. The largest absolute Gasteiger partial charge is 0 e. The Kier molecular flexibility index (Phi) is 37.5. The Morgan fingerprint density at radius 1 is 0.280 bits per heavy atom. The van der Waals surface area contributed by atoms with Crippen LogP contribution in [-0.4, -0.2) is 87.9 Å². The van der Waals surface area contributed by atoms with E-state index >= 15 is 0 Å². The standard InChI is InChI=1S/3C6H20As2.Ni/c3*1-7(2)5-6-8(3)4;/h3*5-8H2,1-4H3;. The van der Waals surface area contributed by atoms with Crippen LogP contribution in [0.1, 0.15) is 0 Å². The van der Waals surface area contributed by atoms with E-state index in [2.05, 4.69) is 68.5 Å². The second-order valence-corrected chi connectivity index (χ2v) is 52.5. The molecule has 0 bridgehead atoms. The molecule has 0 amide bonds. The summed E-state index contributed by atoms with van der Waals surface area (Å²) in [6.07, 6.45) is 0. The van der Waals surface area contributed by atoms with Crippen LogP contribution in [0.4, 0.5) is 0 Å². The van der Waals surface area contributed by atoms with Gasteiger partial charge in [-0.05, 0) is 0 Å². The average molecular weight is 785 g/mol. The molecule has 0 saturated carbocycles. The van der Waals surface area contributed by atoms with Gasteiger partial charge in [0.15, 0.2) is 0 Å². The minimum absolute atomic E-state index is 0. The van der Waals surface area contributed by atoms with Crippen molar-refractivity contribution < 1.29 is 16.5 Å². The van der Waals surface area contributed by atoms with E-state index < -0.39 is 87.9 Å². The molecule has 0 radical (unpaired) electrons. The molecule has 0 aliphatic rings. The third-order valence-corrected chi connectivity index (χ3v) is 31.5. The van der Waals surface area contributed by atoms with Crippen LogP contribution in [-0.2, 0) is 16.5 Å². The molecular weight excluding hydrogens is 724 g/mol. The molecule has 0 aromatic rings. The molecule has 0 rings (SSSR count). The predicted octanol–water partition coefficient (Wildman–Crippen LogP) is 4.27. The van der Waals surface area contributed by atoms with Crippen molar-refractivity contribution in [2.24, 2.45) is 0 Å². The summed E-state index contributed by atoms with van der Waals surface area (Å²) in [6.45, 7) is 0. The topological polar surface area (TPSA) is 0 Å². The van der Waals surface area contributed by atoms with E-state index in [1.54, 1.807) is 31.3 Å². The van der Waals surface area contributed by atoms with Gasteiger partial charge in [0.2, 0.25) is 0 Å². The van der Waals surface area contributed by atoms with Gasteiger partial charge in [-0.15, -0.1) is 0 Å². The molecule has 0 aromatic heterocycles. The molecule has 0 spiro atoms. The Morgan fingerprint density at radius 2 is 0.360 bits per heavy atom. The van der Waals surface area contributed by atoms with E-state index in [0.717, 1.165) is 0 Å². The number of hydrogen-bond acceptors (Lipinski definition) is 0. The molecule has 0 atom stereocenters. The smallest absolute Gasteiger partial charge is 0 e. The van der Waals surface area contributed by atoms with Gasteiger partial charge < -0.3 is 0 Å². The van der Waals surface area contributed by atoms with Gasteiger partial charge in [-0.25, -0.2) is 0 Å². The van der Waals surface area contributed by atoms with Crippen molar-refractivity contribution in [1.82, 2.24) is 0 Å². The van der Waals surface area contributed by atoms with Gasteiger partial charge in [-0.3, -0.25) is 0 Å². The van der Waals surface area contributed by atoms with Crippen LogP contribution < -0.4 is 0 Å². The van der Waals surface area contributed by atoms with Crippen molar-refractivity contribution in [2.75, 3.05) is 0 Å². The summed E-state index contributed by atoms with van der Waals surface area (Å²) in [4.78, 5) is 0. The molecule has 0 nitrogen and oxygen atoms in total. The van der Waals surface area contributed by atoms with Crippen LogP contribution in [0.15, 0.2) is 0 Å². The van der Waals surface area contributed by atoms with Crippen molar-refractivity contribution in [2.45, 2.75) is 99.8 Å². The summed E-state index contributed by atoms with van der Waals surface area (Å²) in [6, 6.07) is 0. The molecule has 0 fully saturated rings. The quantitative estimate of drug-likeness (QED) is 0.307. The Bertz CT molecular complexity index is 172. The van der Waals surface area contributed by atoms with Gasteiger partial charge in [0.1, 0.15) is 0 Å². The summed E-state index contributed by atoms with van der Waals surface area (Å²) in [5, 5.41) is 9.94. The Balaban J connectivity index is -0.000000130. The maximum Gasteiger partial charge on any atom is 0 e. The van der Waals surface area contributed by atoms with Gasteiger partial charge in [0.05, 0.1) is 0 Å². The fourth-order valence-electron chi connectivity index (χ4n) is 2.00. The van der Waals surface area contributed by atoms with Crippen molar-refractivity contribution in [3.8, 4) is 0 Å². The molecule has 0 aliphatic heterocycles. The molecule has 0 saturated heterocycles. The van der Waals surface area contributed by atoms with Crippen molar-refractivity contribution in [3.63, 3.8) is 0 Å². The molecule has 0 N–H and O–H groups in total. The monoisotopic (exact) mass is 784 g/mol. The van der Waals surface area contributed by atoms with Crippen LogP contribution >= 0.6 is 0 Å². The van der Waals surface area contributed by atoms with E-state index in [1.165, 1.54) is 0 Å². The summed E-state index contributed by atoms with van der Waals surface area (Å²) >= 11 is -3.42. The van der Waals surface area contributed by atoms with Crippen LogP contribution in [0.5, 0.6) is 0 Å². The normalized spacial score (nSPS) is 13.0.